The van der Waals surface area contributed by atoms with E-state index in [0.717, 1.165) is 11.3 Å². The number of rotatable bonds is 4. The van der Waals surface area contributed by atoms with Gasteiger partial charge in [-0.25, -0.2) is 0 Å². The second-order valence-corrected chi connectivity index (χ2v) is 3.99. The molecule has 4 heteroatoms. The molecule has 1 rings (SSSR count). The maximum Gasteiger partial charge on any atom is 0.308 e. The lowest BCUT2D eigenvalue weighted by atomic mass is 10.1. The number of benzene rings is 1. The number of anilines is 1. The van der Waals surface area contributed by atoms with Crippen molar-refractivity contribution in [2.75, 3.05) is 11.9 Å². The van der Waals surface area contributed by atoms with Crippen molar-refractivity contribution >= 4 is 23.3 Å². The first-order valence-electron chi connectivity index (χ1n) is 4.73. The first-order chi connectivity index (χ1) is 7.00. The van der Waals surface area contributed by atoms with E-state index in [2.05, 4.69) is 5.32 Å². The van der Waals surface area contributed by atoms with Crippen LogP contribution in [0, 0.1) is 12.8 Å². The largest absolute Gasteiger partial charge is 0.481 e. The molecule has 15 heavy (non-hydrogen) atoms. The van der Waals surface area contributed by atoms with Crippen molar-refractivity contribution in [3.63, 3.8) is 0 Å². The molecule has 0 heterocycles. The van der Waals surface area contributed by atoms with E-state index in [1.165, 1.54) is 0 Å². The van der Waals surface area contributed by atoms with Crippen LogP contribution >= 0.6 is 11.6 Å². The van der Waals surface area contributed by atoms with Gasteiger partial charge in [-0.05, 0) is 24.6 Å². The third-order valence-corrected chi connectivity index (χ3v) is 2.61. The van der Waals surface area contributed by atoms with E-state index in [9.17, 15) is 4.79 Å². The Kier molecular flexibility index (Phi) is 3.97. The standard InChI is InChI=1S/C11H14ClNO2/c1-7-3-4-9(5-10(7)12)13-6-8(2)11(14)15/h3-5,8,13H,6H2,1-2H3,(H,14,15). The Balaban J connectivity index is 2.58. The van der Waals surface area contributed by atoms with Crippen LogP contribution in [0.1, 0.15) is 12.5 Å². The predicted octanol–water partition coefficient (Wildman–Crippen LogP) is 2.78. The van der Waals surface area contributed by atoms with E-state index in [0.29, 0.717) is 11.6 Å². The van der Waals surface area contributed by atoms with Crippen molar-refractivity contribution in [2.24, 2.45) is 5.92 Å². The summed E-state index contributed by atoms with van der Waals surface area (Å²) in [6.45, 7) is 3.98. The number of nitrogens with one attached hydrogen (secondary N) is 1. The van der Waals surface area contributed by atoms with E-state index in [1.807, 2.05) is 19.1 Å². The number of carboxylic acid groups (broad SMARTS) is 1. The van der Waals surface area contributed by atoms with Gasteiger partial charge in [0, 0.05) is 17.3 Å². The van der Waals surface area contributed by atoms with Gasteiger partial charge in [0.1, 0.15) is 0 Å². The van der Waals surface area contributed by atoms with Gasteiger partial charge in [0.2, 0.25) is 0 Å². The topological polar surface area (TPSA) is 49.3 Å². The minimum atomic E-state index is -0.805. The maximum absolute atomic E-state index is 10.6. The normalized spacial score (nSPS) is 12.2. The summed E-state index contributed by atoms with van der Waals surface area (Å²) in [6.07, 6.45) is 0. The van der Waals surface area contributed by atoms with Crippen molar-refractivity contribution in [2.45, 2.75) is 13.8 Å². The molecular formula is C11H14ClNO2. The summed E-state index contributed by atoms with van der Waals surface area (Å²) in [5.74, 6) is -1.22. The summed E-state index contributed by atoms with van der Waals surface area (Å²) in [4.78, 5) is 10.6. The number of hydrogen-bond donors (Lipinski definition) is 2. The van der Waals surface area contributed by atoms with Gasteiger partial charge in [0.05, 0.1) is 5.92 Å². The molecular weight excluding hydrogens is 214 g/mol. The highest BCUT2D eigenvalue weighted by atomic mass is 35.5. The van der Waals surface area contributed by atoms with Gasteiger partial charge in [0.25, 0.3) is 0 Å². The minimum Gasteiger partial charge on any atom is -0.481 e. The fourth-order valence-electron chi connectivity index (χ4n) is 1.06. The van der Waals surface area contributed by atoms with Gasteiger partial charge in [-0.3, -0.25) is 4.79 Å². The van der Waals surface area contributed by atoms with E-state index < -0.39 is 11.9 Å². The molecule has 0 aliphatic carbocycles. The highest BCUT2D eigenvalue weighted by Crippen LogP contribution is 2.20. The van der Waals surface area contributed by atoms with Crippen molar-refractivity contribution in [1.29, 1.82) is 0 Å². The van der Waals surface area contributed by atoms with Crippen molar-refractivity contribution in [3.8, 4) is 0 Å². The highest BCUT2D eigenvalue weighted by Gasteiger charge is 2.09. The smallest absolute Gasteiger partial charge is 0.308 e. The molecule has 0 fully saturated rings. The van der Waals surface area contributed by atoms with Crippen molar-refractivity contribution < 1.29 is 9.90 Å². The molecule has 0 amide bonds. The quantitative estimate of drug-likeness (QED) is 0.832. The maximum atomic E-state index is 10.6. The molecule has 0 spiro atoms. The Hall–Kier alpha value is -1.22. The molecule has 1 unspecified atom stereocenters. The summed E-state index contributed by atoms with van der Waals surface area (Å²) in [7, 11) is 0. The molecule has 0 saturated heterocycles. The lowest BCUT2D eigenvalue weighted by Crippen LogP contribution is -2.19. The van der Waals surface area contributed by atoms with Crippen molar-refractivity contribution in [3.05, 3.63) is 28.8 Å². The molecule has 1 atom stereocenters. The SMILES string of the molecule is Cc1ccc(NCC(C)C(=O)O)cc1Cl. The fourth-order valence-corrected chi connectivity index (χ4v) is 1.24. The Morgan fingerprint density at radius 3 is 2.80 bits per heavy atom. The summed E-state index contributed by atoms with van der Waals surface area (Å²) in [6, 6.07) is 5.58. The Labute approximate surface area is 94.1 Å². The Morgan fingerprint density at radius 2 is 2.27 bits per heavy atom. The number of aliphatic carboxylic acids is 1. The summed E-state index contributed by atoms with van der Waals surface area (Å²) >= 11 is 5.94. The van der Waals surface area contributed by atoms with Gasteiger partial charge < -0.3 is 10.4 Å². The number of halogens is 1. The number of carbonyl (C=O) groups is 1. The van der Waals surface area contributed by atoms with Crippen molar-refractivity contribution in [1.82, 2.24) is 0 Å². The predicted molar refractivity (Wildman–Crippen MR) is 61.5 cm³/mol. The molecule has 0 saturated carbocycles. The molecule has 0 bridgehead atoms. The second-order valence-electron chi connectivity index (χ2n) is 3.58. The monoisotopic (exact) mass is 227 g/mol. The van der Waals surface area contributed by atoms with Crippen LogP contribution in [0.4, 0.5) is 5.69 Å². The Bertz CT molecular complexity index is 366. The lowest BCUT2D eigenvalue weighted by Gasteiger charge is -2.10. The van der Waals surface area contributed by atoms with E-state index in [-0.39, 0.29) is 0 Å². The van der Waals surface area contributed by atoms with Crippen LogP contribution < -0.4 is 5.32 Å². The van der Waals surface area contributed by atoms with Crippen LogP contribution in [0.3, 0.4) is 0 Å². The van der Waals surface area contributed by atoms with Gasteiger partial charge >= 0.3 is 5.97 Å². The molecule has 1 aromatic rings. The second kappa shape index (κ2) is 5.03. The molecule has 3 nitrogen and oxygen atoms in total. The zero-order chi connectivity index (χ0) is 11.4. The molecule has 82 valence electrons. The van der Waals surface area contributed by atoms with Gasteiger partial charge in [-0.2, -0.15) is 0 Å². The van der Waals surface area contributed by atoms with Crippen LogP contribution in [-0.2, 0) is 4.79 Å². The zero-order valence-corrected chi connectivity index (χ0v) is 9.51. The third kappa shape index (κ3) is 3.44. The first kappa shape index (κ1) is 11.9. The lowest BCUT2D eigenvalue weighted by molar-refractivity contribution is -0.140. The number of hydrogen-bond acceptors (Lipinski definition) is 2. The number of aryl methyl sites for hydroxylation is 1. The molecule has 1 aromatic carbocycles. The van der Waals surface area contributed by atoms with Gasteiger partial charge in [0.15, 0.2) is 0 Å². The Morgan fingerprint density at radius 1 is 1.60 bits per heavy atom. The van der Waals surface area contributed by atoms with E-state index in [1.54, 1.807) is 13.0 Å². The van der Waals surface area contributed by atoms with Gasteiger partial charge in [-0.15, -0.1) is 0 Å². The summed E-state index contributed by atoms with van der Waals surface area (Å²) in [5.41, 5.74) is 1.85. The summed E-state index contributed by atoms with van der Waals surface area (Å²) in [5, 5.41) is 12.4. The summed E-state index contributed by atoms with van der Waals surface area (Å²) < 4.78 is 0. The minimum absolute atomic E-state index is 0.398. The van der Waals surface area contributed by atoms with E-state index in [4.69, 9.17) is 16.7 Å². The molecule has 0 aromatic heterocycles. The van der Waals surface area contributed by atoms with Gasteiger partial charge in [-0.1, -0.05) is 24.6 Å². The zero-order valence-electron chi connectivity index (χ0n) is 8.75. The number of carboxylic acids is 1. The van der Waals surface area contributed by atoms with Crippen LogP contribution in [0.2, 0.25) is 5.02 Å². The highest BCUT2D eigenvalue weighted by molar-refractivity contribution is 6.31. The van der Waals surface area contributed by atoms with Crippen LogP contribution in [-0.4, -0.2) is 17.6 Å². The average Bonchev–Trinajstić information content (AvgIpc) is 2.19. The van der Waals surface area contributed by atoms with E-state index >= 15 is 0 Å². The first-order valence-corrected chi connectivity index (χ1v) is 5.11. The van der Waals surface area contributed by atoms with Crippen LogP contribution in [0.5, 0.6) is 0 Å². The van der Waals surface area contributed by atoms with Crippen LogP contribution in [0.25, 0.3) is 0 Å². The van der Waals surface area contributed by atoms with Crippen LogP contribution in [0.15, 0.2) is 18.2 Å². The molecule has 0 aliphatic rings. The fraction of sp³-hybridized carbons (Fsp3) is 0.364. The average molecular weight is 228 g/mol. The molecule has 0 aliphatic heterocycles. The molecule has 0 radical (unpaired) electrons. The third-order valence-electron chi connectivity index (χ3n) is 2.21. The molecule has 2 N–H and O–H groups in total.